The summed E-state index contributed by atoms with van der Waals surface area (Å²) in [5.74, 6) is 0. The second-order valence-electron chi connectivity index (χ2n) is 7.33. The first-order valence-electron chi connectivity index (χ1n) is 9.40. The van der Waals surface area contributed by atoms with Crippen molar-refractivity contribution < 1.29 is 13.2 Å². The second kappa shape index (κ2) is 7.89. The Labute approximate surface area is 166 Å². The van der Waals surface area contributed by atoms with Gasteiger partial charge in [0.2, 0.25) is 10.0 Å². The van der Waals surface area contributed by atoms with Crippen molar-refractivity contribution in [2.75, 3.05) is 0 Å². The van der Waals surface area contributed by atoms with Crippen molar-refractivity contribution in [3.63, 3.8) is 0 Å². The van der Waals surface area contributed by atoms with E-state index in [4.69, 9.17) is 0 Å². The predicted molar refractivity (Wildman–Crippen MR) is 112 cm³/mol. The van der Waals surface area contributed by atoms with E-state index in [1.54, 1.807) is 6.20 Å². The molecule has 1 unspecified atom stereocenters. The zero-order chi connectivity index (χ0) is 20.5. The van der Waals surface area contributed by atoms with Crippen molar-refractivity contribution in [3.05, 3.63) is 64.8 Å². The maximum absolute atomic E-state index is 13.1. The monoisotopic (exact) mass is 398 g/mol. The summed E-state index contributed by atoms with van der Waals surface area (Å²) in [6.45, 7) is 8.01. The van der Waals surface area contributed by atoms with Crippen LogP contribution < -0.4 is 4.72 Å². The zero-order valence-corrected chi connectivity index (χ0v) is 17.5. The number of hydrogen-bond acceptors (Lipinski definition) is 3. The van der Waals surface area contributed by atoms with Gasteiger partial charge in [0.05, 0.1) is 4.90 Å². The maximum atomic E-state index is 13.1. The van der Waals surface area contributed by atoms with E-state index in [1.807, 2.05) is 68.7 Å². The zero-order valence-electron chi connectivity index (χ0n) is 16.7. The molecule has 2 aromatic carbocycles. The largest absolute Gasteiger partial charge is 0.345 e. The first kappa shape index (κ1) is 20.3. The minimum absolute atomic E-state index is 0.291. The summed E-state index contributed by atoms with van der Waals surface area (Å²) in [6.07, 6.45) is 3.26. The first-order valence-corrected chi connectivity index (χ1v) is 10.9. The Hall–Kier alpha value is -2.44. The Morgan fingerprint density at radius 3 is 2.36 bits per heavy atom. The number of fused-ring (bicyclic) bond motifs is 1. The van der Waals surface area contributed by atoms with Gasteiger partial charge in [-0.2, -0.15) is 0 Å². The van der Waals surface area contributed by atoms with Gasteiger partial charge in [0.25, 0.3) is 0 Å². The van der Waals surface area contributed by atoms with Gasteiger partial charge in [0.1, 0.15) is 0 Å². The van der Waals surface area contributed by atoms with E-state index in [0.717, 1.165) is 33.9 Å². The molecule has 0 spiro atoms. The van der Waals surface area contributed by atoms with Gasteiger partial charge in [-0.1, -0.05) is 42.8 Å². The molecule has 0 aliphatic heterocycles. The van der Waals surface area contributed by atoms with E-state index < -0.39 is 10.0 Å². The molecule has 0 bridgehead atoms. The van der Waals surface area contributed by atoms with Crippen molar-refractivity contribution in [1.82, 2.24) is 9.29 Å². The molecule has 0 aliphatic carbocycles. The fourth-order valence-electron chi connectivity index (χ4n) is 3.88. The van der Waals surface area contributed by atoms with E-state index in [1.165, 1.54) is 0 Å². The Morgan fingerprint density at radius 1 is 1.11 bits per heavy atom. The topological polar surface area (TPSA) is 68.2 Å². The fourth-order valence-corrected chi connectivity index (χ4v) is 5.64. The van der Waals surface area contributed by atoms with Crippen molar-refractivity contribution in [1.29, 1.82) is 0 Å². The molecule has 0 aliphatic rings. The average Bonchev–Trinajstić information content (AvgIpc) is 2.97. The SMILES string of the molecule is CCC(Cn1cc(C=O)c2ccccc21)NS(=O)(=O)c1c(C)cc(C)cc1C. The number of aldehydes is 1. The molecule has 0 saturated heterocycles. The Morgan fingerprint density at radius 2 is 1.75 bits per heavy atom. The Balaban J connectivity index is 1.93. The summed E-state index contributed by atoms with van der Waals surface area (Å²) < 4.78 is 31.0. The predicted octanol–water partition coefficient (Wildman–Crippen LogP) is 4.14. The summed E-state index contributed by atoms with van der Waals surface area (Å²) in [5, 5.41) is 0.875. The van der Waals surface area contributed by atoms with Crippen molar-refractivity contribution in [3.8, 4) is 0 Å². The fraction of sp³-hybridized carbons (Fsp3) is 0.318. The minimum atomic E-state index is -3.65. The van der Waals surface area contributed by atoms with Crippen LogP contribution in [-0.2, 0) is 16.6 Å². The molecule has 1 N–H and O–H groups in total. The smallest absolute Gasteiger partial charge is 0.241 e. The quantitative estimate of drug-likeness (QED) is 0.608. The molecule has 1 heterocycles. The van der Waals surface area contributed by atoms with Crippen LogP contribution in [0.15, 0.2) is 47.5 Å². The number of nitrogens with one attached hydrogen (secondary N) is 1. The van der Waals surface area contributed by atoms with Crippen LogP contribution >= 0.6 is 0 Å². The molecule has 6 heteroatoms. The maximum Gasteiger partial charge on any atom is 0.241 e. The number of nitrogens with zero attached hydrogens (tertiary/aromatic N) is 1. The molecule has 0 amide bonds. The summed E-state index contributed by atoms with van der Waals surface area (Å²) in [7, 11) is -3.65. The molecule has 3 aromatic rings. The van der Waals surface area contributed by atoms with Gasteiger partial charge < -0.3 is 4.57 Å². The van der Waals surface area contributed by atoms with Gasteiger partial charge in [-0.25, -0.2) is 13.1 Å². The van der Waals surface area contributed by atoms with Gasteiger partial charge in [-0.3, -0.25) is 4.79 Å². The third-order valence-electron chi connectivity index (χ3n) is 5.05. The Kier molecular flexibility index (Phi) is 5.72. The number of aromatic nitrogens is 1. The van der Waals surface area contributed by atoms with Crippen LogP contribution in [0.5, 0.6) is 0 Å². The second-order valence-corrected chi connectivity index (χ2v) is 8.98. The minimum Gasteiger partial charge on any atom is -0.345 e. The highest BCUT2D eigenvalue weighted by Gasteiger charge is 2.24. The third kappa shape index (κ3) is 3.88. The molecule has 5 nitrogen and oxygen atoms in total. The van der Waals surface area contributed by atoms with Crippen LogP contribution in [0.25, 0.3) is 10.9 Å². The molecule has 0 radical (unpaired) electrons. The van der Waals surface area contributed by atoms with E-state index in [9.17, 15) is 13.2 Å². The van der Waals surface area contributed by atoms with Crippen LogP contribution in [0.1, 0.15) is 40.4 Å². The molecule has 0 saturated carbocycles. The lowest BCUT2D eigenvalue weighted by Gasteiger charge is -2.20. The highest BCUT2D eigenvalue weighted by Crippen LogP contribution is 2.24. The molecule has 28 heavy (non-hydrogen) atoms. The number of para-hydroxylation sites is 1. The summed E-state index contributed by atoms with van der Waals surface area (Å²) in [6, 6.07) is 11.1. The molecule has 0 fully saturated rings. The van der Waals surface area contributed by atoms with Gasteiger partial charge in [-0.05, 0) is 44.4 Å². The van der Waals surface area contributed by atoms with Crippen molar-refractivity contribution in [2.45, 2.75) is 51.6 Å². The number of carbonyl (C=O) groups is 1. The van der Waals surface area contributed by atoms with Gasteiger partial charge in [0, 0.05) is 35.2 Å². The van der Waals surface area contributed by atoms with Gasteiger partial charge >= 0.3 is 0 Å². The van der Waals surface area contributed by atoms with E-state index in [0.29, 0.717) is 23.4 Å². The molecular weight excluding hydrogens is 372 g/mol. The number of benzene rings is 2. The standard InChI is InChI=1S/C22H26N2O3S/c1-5-19(13-24-12-18(14-25)20-8-6-7-9-21(20)24)23-28(26,27)22-16(3)10-15(2)11-17(22)4/h6-12,14,19,23H,5,13H2,1-4H3. The van der Waals surface area contributed by atoms with Crippen molar-refractivity contribution in [2.24, 2.45) is 0 Å². The van der Waals surface area contributed by atoms with E-state index in [-0.39, 0.29) is 6.04 Å². The molecule has 1 aromatic heterocycles. The van der Waals surface area contributed by atoms with Gasteiger partial charge in [-0.15, -0.1) is 0 Å². The number of hydrogen-bond donors (Lipinski definition) is 1. The average molecular weight is 399 g/mol. The highest BCUT2D eigenvalue weighted by molar-refractivity contribution is 7.89. The number of carbonyl (C=O) groups excluding carboxylic acids is 1. The van der Waals surface area contributed by atoms with Crippen molar-refractivity contribution >= 4 is 27.2 Å². The van der Waals surface area contributed by atoms with Crippen LogP contribution in [0.3, 0.4) is 0 Å². The normalized spacial score (nSPS) is 13.0. The summed E-state index contributed by atoms with van der Waals surface area (Å²) in [5.41, 5.74) is 4.06. The molecule has 3 rings (SSSR count). The third-order valence-corrected chi connectivity index (χ3v) is 6.88. The lowest BCUT2D eigenvalue weighted by molar-refractivity contribution is 0.112. The van der Waals surface area contributed by atoms with Gasteiger partial charge in [0.15, 0.2) is 6.29 Å². The lowest BCUT2D eigenvalue weighted by atomic mass is 10.1. The summed E-state index contributed by atoms with van der Waals surface area (Å²) in [4.78, 5) is 11.7. The first-order chi connectivity index (χ1) is 13.3. The molecular formula is C22H26N2O3S. The van der Waals surface area contributed by atoms with E-state index >= 15 is 0 Å². The highest BCUT2D eigenvalue weighted by atomic mass is 32.2. The number of sulfonamides is 1. The van der Waals surface area contributed by atoms with Crippen LogP contribution in [0.4, 0.5) is 0 Å². The van der Waals surface area contributed by atoms with Crippen LogP contribution in [0.2, 0.25) is 0 Å². The molecule has 148 valence electrons. The van der Waals surface area contributed by atoms with Crippen LogP contribution in [-0.4, -0.2) is 25.3 Å². The van der Waals surface area contributed by atoms with Crippen LogP contribution in [0, 0.1) is 20.8 Å². The lowest BCUT2D eigenvalue weighted by Crippen LogP contribution is -2.38. The molecule has 1 atom stereocenters. The number of aryl methyl sites for hydroxylation is 3. The number of rotatable bonds is 7. The summed E-state index contributed by atoms with van der Waals surface area (Å²) >= 11 is 0. The Bertz CT molecular complexity index is 1110. The van der Waals surface area contributed by atoms with E-state index in [2.05, 4.69) is 4.72 Å².